The minimum atomic E-state index is 0.279. The Morgan fingerprint density at radius 1 is 0.933 bits per heavy atom. The van der Waals surface area contributed by atoms with Crippen molar-refractivity contribution in [3.63, 3.8) is 0 Å². The van der Waals surface area contributed by atoms with Crippen molar-refractivity contribution in [1.82, 2.24) is 0 Å². The number of hydrogen-bond donors (Lipinski definition) is 4. The molecule has 0 amide bonds. The fourth-order valence-electron chi connectivity index (χ4n) is 4.23. The van der Waals surface area contributed by atoms with Crippen LogP contribution in [-0.2, 0) is 0 Å². The van der Waals surface area contributed by atoms with Crippen molar-refractivity contribution >= 4 is 51.9 Å². The van der Waals surface area contributed by atoms with Crippen molar-refractivity contribution in [2.24, 2.45) is 22.3 Å². The van der Waals surface area contributed by atoms with Crippen LogP contribution in [-0.4, -0.2) is 17.7 Å². The summed E-state index contributed by atoms with van der Waals surface area (Å²) in [5, 5.41) is 8.02. The first-order valence-electron chi connectivity index (χ1n) is 10.1. The van der Waals surface area contributed by atoms with Gasteiger partial charge >= 0.3 is 0 Å². The van der Waals surface area contributed by atoms with Gasteiger partial charge in [-0.2, -0.15) is 0 Å². The van der Waals surface area contributed by atoms with E-state index >= 15 is 0 Å². The minimum Gasteiger partial charge on any atom is -0.332 e. The second-order valence-corrected chi connectivity index (χ2v) is 10.4. The standard InChI is InChI=1S/C13H10Cl2N2S.C10H22N2/c14-9-1-5-11(6-2-9)16-13(18)17-12-7-3-10(15)4-8-12;1-9(2)4-8(12)5-10(3,6-9)7-11/h1-8H,(H2,16,17,18);8H,4-7,11-12H2,1-3H3. The van der Waals surface area contributed by atoms with Crippen molar-refractivity contribution in [2.75, 3.05) is 17.2 Å². The summed E-state index contributed by atoms with van der Waals surface area (Å²) in [7, 11) is 0. The van der Waals surface area contributed by atoms with Gasteiger partial charge in [0, 0.05) is 27.5 Å². The van der Waals surface area contributed by atoms with Crippen LogP contribution in [0.3, 0.4) is 0 Å². The lowest BCUT2D eigenvalue weighted by atomic mass is 9.63. The lowest BCUT2D eigenvalue weighted by molar-refractivity contribution is 0.0904. The molecule has 0 aromatic heterocycles. The van der Waals surface area contributed by atoms with Gasteiger partial charge in [0.1, 0.15) is 0 Å². The maximum atomic E-state index is 6.01. The number of nitrogens with two attached hydrogens (primary N) is 2. The van der Waals surface area contributed by atoms with Crippen molar-refractivity contribution < 1.29 is 0 Å². The van der Waals surface area contributed by atoms with E-state index in [-0.39, 0.29) is 5.41 Å². The first-order valence-corrected chi connectivity index (χ1v) is 11.2. The number of halogens is 2. The molecule has 0 saturated heterocycles. The summed E-state index contributed by atoms with van der Waals surface area (Å²) < 4.78 is 0. The molecular weight excluding hydrogens is 435 g/mol. The van der Waals surface area contributed by atoms with Gasteiger partial charge in [0.2, 0.25) is 0 Å². The van der Waals surface area contributed by atoms with E-state index in [0.717, 1.165) is 30.8 Å². The monoisotopic (exact) mass is 466 g/mol. The average molecular weight is 468 g/mol. The van der Waals surface area contributed by atoms with E-state index < -0.39 is 0 Å². The molecule has 0 bridgehead atoms. The number of hydrogen-bond acceptors (Lipinski definition) is 3. The van der Waals surface area contributed by atoms with Crippen LogP contribution in [0.15, 0.2) is 48.5 Å². The Kier molecular flexibility index (Phi) is 8.95. The Balaban J connectivity index is 0.000000232. The number of anilines is 2. The van der Waals surface area contributed by atoms with Gasteiger partial charge in [0.05, 0.1) is 0 Å². The highest BCUT2D eigenvalue weighted by Crippen LogP contribution is 2.44. The van der Waals surface area contributed by atoms with Crippen molar-refractivity contribution in [3.8, 4) is 0 Å². The number of benzene rings is 2. The first kappa shape index (κ1) is 24.9. The Labute approximate surface area is 195 Å². The first-order chi connectivity index (χ1) is 14.0. The molecule has 2 aromatic rings. The van der Waals surface area contributed by atoms with Gasteiger partial charge in [-0.25, -0.2) is 0 Å². The third kappa shape index (κ3) is 8.40. The van der Waals surface area contributed by atoms with Gasteiger partial charge in [-0.15, -0.1) is 0 Å². The lowest BCUT2D eigenvalue weighted by Crippen LogP contribution is -2.45. The molecule has 1 saturated carbocycles. The molecule has 30 heavy (non-hydrogen) atoms. The van der Waals surface area contributed by atoms with Crippen molar-refractivity contribution in [2.45, 2.75) is 46.1 Å². The van der Waals surface area contributed by atoms with Crippen LogP contribution in [0.1, 0.15) is 40.0 Å². The van der Waals surface area contributed by atoms with E-state index in [1.54, 1.807) is 24.3 Å². The highest BCUT2D eigenvalue weighted by molar-refractivity contribution is 7.80. The summed E-state index contributed by atoms with van der Waals surface area (Å²) in [5.41, 5.74) is 14.2. The van der Waals surface area contributed by atoms with Gasteiger partial charge in [0.15, 0.2) is 5.11 Å². The van der Waals surface area contributed by atoms with Gasteiger partial charge in [-0.1, -0.05) is 44.0 Å². The van der Waals surface area contributed by atoms with Crippen LogP contribution in [0, 0.1) is 10.8 Å². The summed E-state index contributed by atoms with van der Waals surface area (Å²) >= 11 is 16.8. The molecule has 4 nitrogen and oxygen atoms in total. The predicted octanol–water partition coefficient (Wildman–Crippen LogP) is 6.29. The van der Waals surface area contributed by atoms with Gasteiger partial charge in [-0.3, -0.25) is 0 Å². The minimum absolute atomic E-state index is 0.279. The van der Waals surface area contributed by atoms with Gasteiger partial charge in [-0.05, 0) is 97.4 Å². The molecule has 0 spiro atoms. The molecule has 7 heteroatoms. The Hall–Kier alpha value is -1.37. The fraction of sp³-hybridized carbons (Fsp3) is 0.435. The van der Waals surface area contributed by atoms with Crippen LogP contribution >= 0.6 is 35.4 Å². The van der Waals surface area contributed by atoms with E-state index in [1.807, 2.05) is 24.3 Å². The summed E-state index contributed by atoms with van der Waals surface area (Å²) in [6, 6.07) is 15.0. The Morgan fingerprint density at radius 3 is 1.73 bits per heavy atom. The molecule has 2 unspecified atom stereocenters. The topological polar surface area (TPSA) is 76.1 Å². The predicted molar refractivity (Wildman–Crippen MR) is 136 cm³/mol. The third-order valence-electron chi connectivity index (χ3n) is 5.17. The van der Waals surface area contributed by atoms with Crippen LogP contribution in [0.2, 0.25) is 10.0 Å². The van der Waals surface area contributed by atoms with E-state index in [9.17, 15) is 0 Å². The second-order valence-electron chi connectivity index (χ2n) is 9.12. The summed E-state index contributed by atoms with van der Waals surface area (Å²) in [6.07, 6.45) is 3.44. The molecule has 2 aromatic carbocycles. The Bertz CT molecular complexity index is 775. The van der Waals surface area contributed by atoms with E-state index in [0.29, 0.717) is 26.6 Å². The lowest BCUT2D eigenvalue weighted by Gasteiger charge is -2.45. The van der Waals surface area contributed by atoms with Crippen LogP contribution in [0.5, 0.6) is 0 Å². The fourth-order valence-corrected chi connectivity index (χ4v) is 4.72. The van der Waals surface area contributed by atoms with E-state index in [1.165, 1.54) is 6.42 Å². The maximum Gasteiger partial charge on any atom is 0.175 e. The van der Waals surface area contributed by atoms with Gasteiger partial charge < -0.3 is 22.1 Å². The van der Waals surface area contributed by atoms with Crippen LogP contribution in [0.25, 0.3) is 0 Å². The molecule has 1 aliphatic rings. The second kappa shape index (κ2) is 10.8. The quantitative estimate of drug-likeness (QED) is 0.399. The third-order valence-corrected chi connectivity index (χ3v) is 5.88. The van der Waals surface area contributed by atoms with Crippen molar-refractivity contribution in [3.05, 3.63) is 58.6 Å². The zero-order valence-electron chi connectivity index (χ0n) is 17.8. The molecule has 0 heterocycles. The number of nitrogens with one attached hydrogen (secondary N) is 2. The van der Waals surface area contributed by atoms with Crippen LogP contribution < -0.4 is 22.1 Å². The normalized spacial score (nSPS) is 22.4. The summed E-state index contributed by atoms with van der Waals surface area (Å²) in [4.78, 5) is 0. The number of rotatable bonds is 3. The molecule has 3 rings (SSSR count). The van der Waals surface area contributed by atoms with E-state index in [4.69, 9.17) is 46.9 Å². The summed E-state index contributed by atoms with van der Waals surface area (Å²) in [5.74, 6) is 0. The van der Waals surface area contributed by atoms with E-state index in [2.05, 4.69) is 31.4 Å². The highest BCUT2D eigenvalue weighted by atomic mass is 35.5. The number of thiocarbonyl (C=S) groups is 1. The molecule has 6 N–H and O–H groups in total. The SMILES string of the molecule is CC1(C)CC(N)CC(C)(CN)C1.S=C(Nc1ccc(Cl)cc1)Nc1ccc(Cl)cc1. The smallest absolute Gasteiger partial charge is 0.175 e. The molecule has 1 fully saturated rings. The zero-order chi connectivity index (χ0) is 22.4. The summed E-state index contributed by atoms with van der Waals surface area (Å²) in [6.45, 7) is 7.61. The van der Waals surface area contributed by atoms with Crippen LogP contribution in [0.4, 0.5) is 11.4 Å². The molecule has 164 valence electrons. The zero-order valence-corrected chi connectivity index (χ0v) is 20.2. The largest absolute Gasteiger partial charge is 0.332 e. The maximum absolute atomic E-state index is 6.01. The molecule has 2 atom stereocenters. The highest BCUT2D eigenvalue weighted by Gasteiger charge is 2.38. The molecule has 0 aliphatic heterocycles. The molecule has 1 aliphatic carbocycles. The molecule has 0 radical (unpaired) electrons. The molecular formula is C23H32Cl2N4S. The Morgan fingerprint density at radius 2 is 1.37 bits per heavy atom. The van der Waals surface area contributed by atoms with Crippen molar-refractivity contribution in [1.29, 1.82) is 0 Å². The average Bonchev–Trinajstić information content (AvgIpc) is 2.64. The van der Waals surface area contributed by atoms with Gasteiger partial charge in [0.25, 0.3) is 0 Å².